The predicted octanol–water partition coefficient (Wildman–Crippen LogP) is 2.58. The van der Waals surface area contributed by atoms with E-state index in [1.165, 1.54) is 4.90 Å². The van der Waals surface area contributed by atoms with Gasteiger partial charge in [0.15, 0.2) is 0 Å². The van der Waals surface area contributed by atoms with Crippen molar-refractivity contribution in [1.29, 1.82) is 0 Å². The number of para-hydroxylation sites is 1. The number of carboxylic acid groups (broad SMARTS) is 1. The first kappa shape index (κ1) is 14.8. The summed E-state index contributed by atoms with van der Waals surface area (Å²) >= 11 is 0. The van der Waals surface area contributed by atoms with E-state index in [9.17, 15) is 14.7 Å². The zero-order valence-electron chi connectivity index (χ0n) is 13.2. The van der Waals surface area contributed by atoms with Gasteiger partial charge in [-0.2, -0.15) is 0 Å². The van der Waals surface area contributed by atoms with Gasteiger partial charge in [0.1, 0.15) is 11.7 Å². The van der Waals surface area contributed by atoms with Crippen molar-refractivity contribution < 1.29 is 19.4 Å². The molecule has 0 unspecified atom stereocenters. The number of aliphatic carboxylic acids is 1. The van der Waals surface area contributed by atoms with Gasteiger partial charge in [0.25, 0.3) is 0 Å². The summed E-state index contributed by atoms with van der Waals surface area (Å²) in [6, 6.07) is 16.9. The quantitative estimate of drug-likeness (QED) is 0.863. The lowest BCUT2D eigenvalue weighted by Gasteiger charge is -2.52. The SMILES string of the molecule is CN1C(=O)[C@H](C(=O)O)[C@@H]2C[C@]1(c1ccccc1)Oc1ccccc12. The summed E-state index contributed by atoms with van der Waals surface area (Å²) in [6.45, 7) is 0. The molecule has 2 aromatic carbocycles. The van der Waals surface area contributed by atoms with Crippen LogP contribution in [-0.4, -0.2) is 28.9 Å². The minimum atomic E-state index is -1.09. The molecule has 3 atom stereocenters. The van der Waals surface area contributed by atoms with Crippen molar-refractivity contribution in [3.05, 3.63) is 65.7 Å². The minimum Gasteiger partial charge on any atom is -0.481 e. The van der Waals surface area contributed by atoms with Crippen molar-refractivity contribution in [2.75, 3.05) is 7.05 Å². The normalized spacial score (nSPS) is 28.0. The topological polar surface area (TPSA) is 66.8 Å². The highest BCUT2D eigenvalue weighted by Crippen LogP contribution is 2.53. The average molecular weight is 323 g/mol. The fraction of sp³-hybridized carbons (Fsp3) is 0.263. The summed E-state index contributed by atoms with van der Waals surface area (Å²) in [5.41, 5.74) is 0.672. The van der Waals surface area contributed by atoms with Gasteiger partial charge in [-0.3, -0.25) is 9.59 Å². The van der Waals surface area contributed by atoms with Crippen LogP contribution >= 0.6 is 0 Å². The number of carboxylic acids is 1. The second kappa shape index (κ2) is 5.09. The van der Waals surface area contributed by atoms with Gasteiger partial charge in [0.2, 0.25) is 11.6 Å². The highest BCUT2D eigenvalue weighted by atomic mass is 16.5. The molecule has 0 aliphatic carbocycles. The van der Waals surface area contributed by atoms with E-state index < -0.39 is 29.4 Å². The summed E-state index contributed by atoms with van der Waals surface area (Å²) < 4.78 is 6.30. The monoisotopic (exact) mass is 323 g/mol. The van der Waals surface area contributed by atoms with Gasteiger partial charge in [-0.1, -0.05) is 48.5 Å². The molecule has 0 saturated carbocycles. The van der Waals surface area contributed by atoms with Crippen molar-refractivity contribution in [2.24, 2.45) is 5.92 Å². The van der Waals surface area contributed by atoms with Crippen LogP contribution in [0.4, 0.5) is 0 Å². The zero-order chi connectivity index (χ0) is 16.9. The second-order valence-electron chi connectivity index (χ2n) is 6.31. The molecule has 1 fully saturated rings. The zero-order valence-corrected chi connectivity index (χ0v) is 13.2. The molecular formula is C19H17NO4. The first-order valence-corrected chi connectivity index (χ1v) is 7.88. The molecule has 0 spiro atoms. The van der Waals surface area contributed by atoms with Crippen molar-refractivity contribution in [1.82, 2.24) is 4.90 Å². The number of benzene rings is 2. The number of piperidine rings is 1. The summed E-state index contributed by atoms with van der Waals surface area (Å²) in [7, 11) is 1.62. The molecule has 2 aliphatic rings. The molecular weight excluding hydrogens is 306 g/mol. The Morgan fingerprint density at radius 3 is 2.54 bits per heavy atom. The molecule has 0 aromatic heterocycles. The second-order valence-corrected chi connectivity index (χ2v) is 6.31. The summed E-state index contributed by atoms with van der Waals surface area (Å²) in [6.07, 6.45) is 0.424. The standard InChI is InChI=1S/C19H17NO4/c1-20-17(21)16(18(22)23)14-11-19(20,12-7-3-2-4-8-12)24-15-10-6-5-9-13(14)15/h2-10,14,16H,11H2,1H3,(H,22,23)/t14-,16-,19-/m1/s1. The molecule has 24 heavy (non-hydrogen) atoms. The Labute approximate surface area is 139 Å². The number of hydrogen-bond donors (Lipinski definition) is 1. The van der Waals surface area contributed by atoms with Crippen LogP contribution in [0.3, 0.4) is 0 Å². The van der Waals surface area contributed by atoms with Gasteiger partial charge in [-0.25, -0.2) is 0 Å². The van der Waals surface area contributed by atoms with Crippen LogP contribution < -0.4 is 4.74 Å². The largest absolute Gasteiger partial charge is 0.481 e. The first-order chi connectivity index (χ1) is 11.5. The Kier molecular flexibility index (Phi) is 3.13. The van der Waals surface area contributed by atoms with Crippen molar-refractivity contribution in [3.8, 4) is 5.75 Å². The fourth-order valence-electron chi connectivity index (χ4n) is 3.92. The van der Waals surface area contributed by atoms with Crippen molar-refractivity contribution >= 4 is 11.9 Å². The van der Waals surface area contributed by atoms with Crippen LogP contribution in [0.15, 0.2) is 54.6 Å². The lowest BCUT2D eigenvalue weighted by molar-refractivity contribution is -0.182. The van der Waals surface area contributed by atoms with Crippen LogP contribution in [0.5, 0.6) is 5.75 Å². The van der Waals surface area contributed by atoms with E-state index in [4.69, 9.17) is 4.74 Å². The Bertz CT molecular complexity index is 819. The maximum absolute atomic E-state index is 12.8. The molecule has 5 nitrogen and oxygen atoms in total. The number of likely N-dealkylation sites (tertiary alicyclic amines) is 1. The number of fused-ring (bicyclic) bond motifs is 4. The van der Waals surface area contributed by atoms with Crippen LogP contribution in [0, 0.1) is 5.92 Å². The van der Waals surface area contributed by atoms with E-state index in [1.807, 2.05) is 54.6 Å². The van der Waals surface area contributed by atoms with Crippen molar-refractivity contribution in [3.63, 3.8) is 0 Å². The van der Waals surface area contributed by atoms with E-state index in [1.54, 1.807) is 7.05 Å². The lowest BCUT2D eigenvalue weighted by Crippen LogP contribution is -2.61. The van der Waals surface area contributed by atoms with E-state index in [0.29, 0.717) is 12.2 Å². The molecule has 5 heteroatoms. The van der Waals surface area contributed by atoms with Crippen LogP contribution in [0.2, 0.25) is 0 Å². The van der Waals surface area contributed by atoms with Gasteiger partial charge >= 0.3 is 5.97 Å². The Morgan fingerprint density at radius 2 is 1.83 bits per heavy atom. The number of hydrogen-bond acceptors (Lipinski definition) is 3. The van der Waals surface area contributed by atoms with E-state index in [0.717, 1.165) is 11.1 Å². The number of carbonyl (C=O) groups is 2. The fourth-order valence-corrected chi connectivity index (χ4v) is 3.92. The third kappa shape index (κ3) is 1.87. The number of amides is 1. The van der Waals surface area contributed by atoms with Gasteiger partial charge in [0, 0.05) is 24.9 Å². The summed E-state index contributed by atoms with van der Waals surface area (Å²) in [5, 5.41) is 9.63. The summed E-state index contributed by atoms with van der Waals surface area (Å²) in [5.74, 6) is -2.36. The molecule has 1 amide bonds. The Hall–Kier alpha value is -2.82. The van der Waals surface area contributed by atoms with E-state index in [2.05, 4.69) is 0 Å². The number of rotatable bonds is 2. The number of nitrogens with zero attached hydrogens (tertiary/aromatic N) is 1. The molecule has 2 bridgehead atoms. The van der Waals surface area contributed by atoms with E-state index in [-0.39, 0.29) is 0 Å². The van der Waals surface area contributed by atoms with Crippen LogP contribution in [0.1, 0.15) is 23.5 Å². The van der Waals surface area contributed by atoms with Crippen LogP contribution in [-0.2, 0) is 15.3 Å². The summed E-state index contributed by atoms with van der Waals surface area (Å²) in [4.78, 5) is 26.1. The molecule has 2 aromatic rings. The molecule has 122 valence electrons. The molecule has 1 saturated heterocycles. The molecule has 4 rings (SSSR count). The highest BCUT2D eigenvalue weighted by Gasteiger charge is 2.57. The average Bonchev–Trinajstić information content (AvgIpc) is 2.60. The van der Waals surface area contributed by atoms with Gasteiger partial charge in [-0.05, 0) is 11.6 Å². The number of ether oxygens (including phenoxy) is 1. The minimum absolute atomic E-state index is 0.406. The smallest absolute Gasteiger partial charge is 0.316 e. The third-order valence-electron chi connectivity index (χ3n) is 5.13. The maximum Gasteiger partial charge on any atom is 0.316 e. The highest BCUT2D eigenvalue weighted by molar-refractivity contribution is 5.99. The van der Waals surface area contributed by atoms with Gasteiger partial charge < -0.3 is 14.7 Å². The predicted molar refractivity (Wildman–Crippen MR) is 86.4 cm³/mol. The molecule has 1 N–H and O–H groups in total. The van der Waals surface area contributed by atoms with Gasteiger partial charge in [-0.15, -0.1) is 0 Å². The third-order valence-corrected chi connectivity index (χ3v) is 5.13. The molecule has 2 aliphatic heterocycles. The molecule has 2 heterocycles. The van der Waals surface area contributed by atoms with Crippen molar-refractivity contribution in [2.45, 2.75) is 18.1 Å². The Morgan fingerprint density at radius 1 is 1.17 bits per heavy atom. The van der Waals surface area contributed by atoms with E-state index >= 15 is 0 Å². The molecule has 0 radical (unpaired) electrons. The first-order valence-electron chi connectivity index (χ1n) is 7.88. The maximum atomic E-state index is 12.8. The Balaban J connectivity index is 1.95. The van der Waals surface area contributed by atoms with Crippen LogP contribution in [0.25, 0.3) is 0 Å². The van der Waals surface area contributed by atoms with Gasteiger partial charge in [0.05, 0.1) is 0 Å². The lowest BCUT2D eigenvalue weighted by atomic mass is 9.72. The number of carbonyl (C=O) groups excluding carboxylic acids is 1.